The van der Waals surface area contributed by atoms with Crippen LogP contribution < -0.4 is 10.9 Å². The summed E-state index contributed by atoms with van der Waals surface area (Å²) in [7, 11) is -10.4. The van der Waals surface area contributed by atoms with Gasteiger partial charge in [0.2, 0.25) is 10.0 Å². The number of nitro benzene ring substituents is 1. The van der Waals surface area contributed by atoms with Gasteiger partial charge in [0.15, 0.2) is 0 Å². The number of sulfonamides is 1. The second-order valence-electron chi connectivity index (χ2n) is 13.6. The first-order valence-electron chi connectivity index (χ1n) is 20.3. The van der Waals surface area contributed by atoms with Gasteiger partial charge in [-0.05, 0) is 134 Å². The lowest BCUT2D eigenvalue weighted by atomic mass is 9.98. The van der Waals surface area contributed by atoms with Crippen molar-refractivity contribution in [1.82, 2.24) is 0 Å². The van der Waals surface area contributed by atoms with E-state index in [0.29, 0.717) is 12.0 Å². The number of thioether (sulfide) groups is 2. The van der Waals surface area contributed by atoms with E-state index < -0.39 is 35.2 Å². The summed E-state index contributed by atoms with van der Waals surface area (Å²) >= 11 is 9.66. The van der Waals surface area contributed by atoms with Crippen molar-refractivity contribution in [2.75, 3.05) is 23.8 Å². The second kappa shape index (κ2) is 34.9. The first kappa shape index (κ1) is 62.7. The molecule has 23 heteroatoms. The molecule has 0 atom stereocenters. The topological polar surface area (TPSA) is 271 Å². The van der Waals surface area contributed by atoms with Crippen LogP contribution in [0.5, 0.6) is 0 Å². The van der Waals surface area contributed by atoms with Crippen LogP contribution >= 0.6 is 58.7 Å². The summed E-state index contributed by atoms with van der Waals surface area (Å²) in [6.45, 7) is 4.43. The van der Waals surface area contributed by atoms with Crippen LogP contribution in [-0.2, 0) is 41.3 Å². The minimum atomic E-state index is -4.02. The van der Waals surface area contributed by atoms with Crippen molar-refractivity contribution in [3.63, 3.8) is 0 Å². The molecule has 0 fully saturated rings. The maximum Gasteiger partial charge on any atom is 0.371 e. The summed E-state index contributed by atoms with van der Waals surface area (Å²) in [6, 6.07) is 46.2. The van der Waals surface area contributed by atoms with Crippen molar-refractivity contribution in [3.05, 3.63) is 188 Å². The molecule has 15 nitrogen and oxygen atoms in total. The number of nitrogens with two attached hydrogens (primary N) is 2. The zero-order valence-corrected chi connectivity index (χ0v) is 44.8. The zero-order chi connectivity index (χ0) is 51.7. The molecular formula is C46H55BIN4O11S6. The third-order valence-corrected chi connectivity index (χ3v) is 13.9. The molecule has 6 aromatic carbocycles. The summed E-state index contributed by atoms with van der Waals surface area (Å²) < 4.78 is 87.4. The Morgan fingerprint density at radius 3 is 1.48 bits per heavy atom. The summed E-state index contributed by atoms with van der Waals surface area (Å²) in [5.74, 6) is 2.59. The molecule has 0 aliphatic carbocycles. The van der Waals surface area contributed by atoms with E-state index in [0.717, 1.165) is 65.0 Å². The van der Waals surface area contributed by atoms with Gasteiger partial charge in [-0.25, -0.2) is 13.6 Å². The predicted octanol–water partition coefficient (Wildman–Crippen LogP) is 10.1. The van der Waals surface area contributed by atoms with Crippen molar-refractivity contribution in [3.8, 4) is 0 Å². The van der Waals surface area contributed by atoms with Gasteiger partial charge in [0.1, 0.15) is 6.40 Å². The molecule has 6 aromatic rings. The lowest BCUT2D eigenvalue weighted by Gasteiger charge is -2.05. The highest BCUT2D eigenvalue weighted by Crippen LogP contribution is 2.25. The summed E-state index contributed by atoms with van der Waals surface area (Å²) in [5.41, 5.74) is 7.57. The number of aryl methyl sites for hydroxylation is 3. The summed E-state index contributed by atoms with van der Waals surface area (Å²) in [4.78, 5) is 12.6. The van der Waals surface area contributed by atoms with Gasteiger partial charge in [0.05, 0.1) is 19.6 Å². The van der Waals surface area contributed by atoms with Crippen LogP contribution in [0.15, 0.2) is 182 Å². The van der Waals surface area contributed by atoms with Crippen molar-refractivity contribution >= 4 is 109 Å². The minimum absolute atomic E-state index is 0.0666. The number of nitro groups is 1. The standard InChI is InChI=1S/C15H16N2O4S2.C8H11NS.2C7H8O3S.C6H5I.C3H7BNOS/c16-23(20,21)14-9-8-12(15(11-14)17(18)19)5-4-10-22-13-6-2-1-3-7-13;9-6-7-10-8-4-2-1-3-5-8;2*1-6-2-4-7(5-3-6)11(8,9)10;7-6-4-2-1-3-5-6;5-3-6-4-1-2-7/h1-3,6-9,11H,4-5,10H2,(H2,16,20,21);1-5H,6-7,9H2;2*2-5H,1H3,(H,8,9,10);1-5H;3,5,7H,1-2H2. The molecule has 0 aliphatic heterocycles. The Morgan fingerprint density at radius 1 is 0.710 bits per heavy atom. The fourth-order valence-corrected chi connectivity index (χ4v) is 8.36. The highest BCUT2D eigenvalue weighted by atomic mass is 127. The Hall–Kier alpha value is -4.28. The molecule has 0 heterocycles. The van der Waals surface area contributed by atoms with Crippen molar-refractivity contribution < 1.29 is 43.9 Å². The van der Waals surface area contributed by atoms with E-state index in [1.807, 2.05) is 80.6 Å². The third kappa shape index (κ3) is 30.2. The molecule has 0 spiro atoms. The number of nitrogens with one attached hydrogen (secondary N) is 1. The minimum Gasteiger partial charge on any atom is -0.556 e. The van der Waals surface area contributed by atoms with Gasteiger partial charge in [0, 0.05) is 37.3 Å². The lowest BCUT2D eigenvalue weighted by Crippen LogP contribution is -2.12. The SMILES string of the molecule is Cc1ccc(S(=O)(=O)O)cc1.Cc1ccc(S(=O)(=O)O)cc1.Ic1ccccc1.N=CO[B]CCS.NCCSc1ccccc1.NS(=O)(=O)c1ccc(CCCSc2ccccc2)c([N+](=O)[O-])c1. The van der Waals surface area contributed by atoms with Crippen LogP contribution in [0.1, 0.15) is 23.1 Å². The van der Waals surface area contributed by atoms with E-state index in [9.17, 15) is 35.4 Å². The molecule has 0 saturated heterocycles. The molecule has 7 N–H and O–H groups in total. The van der Waals surface area contributed by atoms with Crippen LogP contribution in [0, 0.1) is 32.9 Å². The molecule has 0 unspecified atom stereocenters. The maximum absolute atomic E-state index is 11.3. The van der Waals surface area contributed by atoms with Gasteiger partial charge >= 0.3 is 7.48 Å². The van der Waals surface area contributed by atoms with Crippen molar-refractivity contribution in [2.45, 2.75) is 57.5 Å². The normalized spacial score (nSPS) is 10.5. The quantitative estimate of drug-likeness (QED) is 0.00503. The van der Waals surface area contributed by atoms with Crippen LogP contribution in [0.2, 0.25) is 6.32 Å². The van der Waals surface area contributed by atoms with E-state index in [4.69, 9.17) is 25.4 Å². The average Bonchev–Trinajstić information content (AvgIpc) is 3.31. The Balaban J connectivity index is 0.000000442. The fourth-order valence-electron chi connectivity index (χ4n) is 4.77. The molecule has 6 rings (SSSR count). The number of primary sulfonamides is 1. The number of rotatable bonds is 16. The molecule has 0 aromatic heterocycles. The first-order chi connectivity index (χ1) is 32.6. The molecule has 371 valence electrons. The zero-order valence-electron chi connectivity index (χ0n) is 37.7. The average molecular weight is 1170 g/mol. The highest BCUT2D eigenvalue weighted by Gasteiger charge is 2.18. The largest absolute Gasteiger partial charge is 0.556 e. The van der Waals surface area contributed by atoms with E-state index in [1.165, 1.54) is 44.9 Å². The van der Waals surface area contributed by atoms with Crippen molar-refractivity contribution in [1.29, 1.82) is 5.41 Å². The van der Waals surface area contributed by atoms with E-state index in [-0.39, 0.29) is 20.4 Å². The molecule has 0 saturated carbocycles. The van der Waals surface area contributed by atoms with Gasteiger partial charge in [0.25, 0.3) is 25.9 Å². The van der Waals surface area contributed by atoms with Crippen LogP contribution in [0.4, 0.5) is 5.69 Å². The molecule has 1 radical (unpaired) electrons. The number of thiol groups is 1. The smallest absolute Gasteiger partial charge is 0.371 e. The van der Waals surface area contributed by atoms with E-state index in [1.54, 1.807) is 55.3 Å². The molecule has 0 aliphatic rings. The monoisotopic (exact) mass is 1170 g/mol. The second-order valence-corrected chi connectivity index (χ2v) is 22.0. The Labute approximate surface area is 434 Å². The number of halogens is 1. The van der Waals surface area contributed by atoms with Gasteiger partial charge in [-0.2, -0.15) is 29.5 Å². The van der Waals surface area contributed by atoms with Crippen LogP contribution in [-0.4, -0.2) is 77.0 Å². The molecule has 69 heavy (non-hydrogen) atoms. The maximum atomic E-state index is 11.3. The summed E-state index contributed by atoms with van der Waals surface area (Å²) in [6.07, 6.45) is 2.93. The molecule has 0 bridgehead atoms. The Kier molecular flexibility index (Phi) is 31.8. The number of benzene rings is 6. The highest BCUT2D eigenvalue weighted by molar-refractivity contribution is 14.1. The third-order valence-electron chi connectivity index (χ3n) is 8.10. The lowest BCUT2D eigenvalue weighted by molar-refractivity contribution is -0.385. The van der Waals surface area contributed by atoms with Gasteiger partial charge in [-0.15, -0.1) is 23.5 Å². The first-order valence-corrected chi connectivity index (χ1v) is 28.4. The van der Waals surface area contributed by atoms with E-state index >= 15 is 0 Å². The number of hydrogen-bond acceptors (Lipinski definition) is 14. The number of nitrogens with zero attached hydrogens (tertiary/aromatic N) is 1. The number of hydrogen-bond donors (Lipinski definition) is 6. The molecular weight excluding hydrogens is 1110 g/mol. The van der Waals surface area contributed by atoms with Crippen LogP contribution in [0.3, 0.4) is 0 Å². The Bertz CT molecular complexity index is 2650. The van der Waals surface area contributed by atoms with Gasteiger partial charge < -0.3 is 10.4 Å². The predicted molar refractivity (Wildman–Crippen MR) is 292 cm³/mol. The summed E-state index contributed by atoms with van der Waals surface area (Å²) in [5, 5.41) is 22.5. The Morgan fingerprint density at radius 2 is 1.13 bits per heavy atom. The van der Waals surface area contributed by atoms with Gasteiger partial charge in [-0.3, -0.25) is 24.6 Å². The fraction of sp³-hybridized carbons (Fsp3) is 0.196. The van der Waals surface area contributed by atoms with E-state index in [2.05, 4.69) is 64.1 Å². The van der Waals surface area contributed by atoms with Gasteiger partial charge in [-0.1, -0.05) is 96.1 Å². The molecule has 0 amide bonds. The van der Waals surface area contributed by atoms with Crippen molar-refractivity contribution in [2.24, 2.45) is 10.9 Å². The van der Waals surface area contributed by atoms with Crippen LogP contribution in [0.25, 0.3) is 0 Å².